The van der Waals surface area contributed by atoms with Gasteiger partial charge in [-0.05, 0) is 25.1 Å². The third kappa shape index (κ3) is 5.09. The van der Waals surface area contributed by atoms with E-state index >= 15 is 0 Å². The van der Waals surface area contributed by atoms with Crippen molar-refractivity contribution in [3.05, 3.63) is 65.3 Å². The van der Waals surface area contributed by atoms with Crippen LogP contribution in [0.5, 0.6) is 0 Å². The molecule has 0 unspecified atom stereocenters. The number of aryl methyl sites for hydroxylation is 1. The highest BCUT2D eigenvalue weighted by Crippen LogP contribution is 2.32. The van der Waals surface area contributed by atoms with Crippen LogP contribution in [0.2, 0.25) is 0 Å². The minimum atomic E-state index is -4.72. The van der Waals surface area contributed by atoms with Crippen molar-refractivity contribution in [1.82, 2.24) is 29.7 Å². The monoisotopic (exact) mass is 503 g/mol. The second kappa shape index (κ2) is 9.13. The van der Waals surface area contributed by atoms with Gasteiger partial charge in [-0.1, -0.05) is 20.8 Å². The Balaban J connectivity index is 1.64. The van der Waals surface area contributed by atoms with E-state index in [1.54, 1.807) is 39.8 Å². The summed E-state index contributed by atoms with van der Waals surface area (Å²) in [4.78, 5) is 29.9. The van der Waals surface area contributed by atoms with Gasteiger partial charge in [0, 0.05) is 24.2 Å². The van der Waals surface area contributed by atoms with Crippen molar-refractivity contribution in [3.63, 3.8) is 0 Å². The molecule has 0 aliphatic rings. The smallest absolute Gasteiger partial charge is 0.433 e. The summed E-state index contributed by atoms with van der Waals surface area (Å²) < 4.78 is 48.5. The second-order valence-corrected chi connectivity index (χ2v) is 9.04. The van der Waals surface area contributed by atoms with Crippen LogP contribution in [0.1, 0.15) is 65.8 Å². The molecule has 0 saturated heterocycles. The van der Waals surface area contributed by atoms with Gasteiger partial charge < -0.3 is 15.1 Å². The fourth-order valence-electron chi connectivity index (χ4n) is 3.36. The lowest BCUT2D eigenvalue weighted by Crippen LogP contribution is -2.25. The highest BCUT2D eigenvalue weighted by Gasteiger charge is 2.36. The van der Waals surface area contributed by atoms with Gasteiger partial charge in [0.15, 0.2) is 17.0 Å². The van der Waals surface area contributed by atoms with E-state index in [2.05, 4.69) is 25.8 Å². The highest BCUT2D eigenvalue weighted by molar-refractivity contribution is 6.07. The molecular weight excluding hydrogens is 479 g/mol. The Bertz CT molecular complexity index is 1410. The largest absolute Gasteiger partial charge is 0.467 e. The van der Waals surface area contributed by atoms with E-state index in [0.717, 1.165) is 6.07 Å². The molecule has 0 aromatic carbocycles. The highest BCUT2D eigenvalue weighted by atomic mass is 19.4. The molecule has 13 heteroatoms. The van der Waals surface area contributed by atoms with Crippen molar-refractivity contribution in [1.29, 1.82) is 0 Å². The summed E-state index contributed by atoms with van der Waals surface area (Å²) >= 11 is 0. The molecule has 4 heterocycles. The topological polar surface area (TPSA) is 119 Å². The van der Waals surface area contributed by atoms with Crippen LogP contribution in [0.25, 0.3) is 5.65 Å². The summed E-state index contributed by atoms with van der Waals surface area (Å²) in [5, 5.41) is 13.2. The number of aromatic nitrogens is 5. The Morgan fingerprint density at radius 1 is 1.11 bits per heavy atom. The molecule has 0 fully saturated rings. The number of hydrogen-bond acceptors (Lipinski definition) is 6. The van der Waals surface area contributed by atoms with Crippen molar-refractivity contribution < 1.29 is 27.2 Å². The predicted molar refractivity (Wildman–Crippen MR) is 122 cm³/mol. The van der Waals surface area contributed by atoms with E-state index in [9.17, 15) is 22.8 Å². The van der Waals surface area contributed by atoms with Crippen LogP contribution in [0, 0.1) is 0 Å². The molecular formula is C23H24F3N7O3. The fraction of sp³-hybridized carbons (Fsp3) is 0.348. The molecule has 4 rings (SSSR count). The van der Waals surface area contributed by atoms with E-state index in [1.165, 1.54) is 23.2 Å². The molecule has 0 aliphatic carbocycles. The van der Waals surface area contributed by atoms with Gasteiger partial charge in [0.1, 0.15) is 11.5 Å². The number of fused-ring (bicyclic) bond motifs is 1. The molecule has 2 N–H and O–H groups in total. The molecule has 0 spiro atoms. The first-order valence-corrected chi connectivity index (χ1v) is 11.0. The van der Waals surface area contributed by atoms with Crippen LogP contribution >= 0.6 is 0 Å². The number of anilines is 1. The van der Waals surface area contributed by atoms with E-state index in [-0.39, 0.29) is 35.0 Å². The van der Waals surface area contributed by atoms with Crippen LogP contribution in [-0.4, -0.2) is 36.2 Å². The Morgan fingerprint density at radius 3 is 2.47 bits per heavy atom. The number of nitrogens with zero attached hydrogens (tertiary/aromatic N) is 5. The standard InChI is InChI=1S/C23H24F3N7O3/c1-5-32-12-15(19(31-32)21(35)27-11-13-7-6-8-36-13)28-20(34)14-9-18-29-16(22(2,3)4)10-17(23(24,25)26)33(18)30-14/h6-10,12H,5,11H2,1-4H3,(H,27,35)(H,28,34). The number of alkyl halides is 3. The Kier molecular flexibility index (Phi) is 6.33. The zero-order chi connectivity index (χ0) is 26.3. The number of carbonyl (C=O) groups is 2. The van der Waals surface area contributed by atoms with Crippen molar-refractivity contribution in [2.45, 2.75) is 52.4 Å². The van der Waals surface area contributed by atoms with Crippen molar-refractivity contribution in [2.24, 2.45) is 0 Å². The van der Waals surface area contributed by atoms with E-state index < -0.39 is 29.1 Å². The van der Waals surface area contributed by atoms with Crippen molar-refractivity contribution in [2.75, 3.05) is 5.32 Å². The van der Waals surface area contributed by atoms with Gasteiger partial charge >= 0.3 is 6.18 Å². The first-order chi connectivity index (χ1) is 16.9. The molecule has 0 saturated carbocycles. The Labute approximate surface area is 203 Å². The molecule has 0 atom stereocenters. The maximum Gasteiger partial charge on any atom is 0.433 e. The molecule has 10 nitrogen and oxygen atoms in total. The summed E-state index contributed by atoms with van der Waals surface area (Å²) in [6, 6.07) is 5.46. The number of hydrogen-bond donors (Lipinski definition) is 2. The van der Waals surface area contributed by atoms with Crippen LogP contribution < -0.4 is 10.6 Å². The number of furan rings is 1. The number of amides is 2. The number of nitrogens with one attached hydrogen (secondary N) is 2. The van der Waals surface area contributed by atoms with Crippen LogP contribution in [0.3, 0.4) is 0 Å². The lowest BCUT2D eigenvalue weighted by Gasteiger charge is -2.19. The number of rotatable bonds is 6. The lowest BCUT2D eigenvalue weighted by molar-refractivity contribution is -0.142. The maximum absolute atomic E-state index is 13.7. The third-order valence-electron chi connectivity index (χ3n) is 5.27. The third-order valence-corrected chi connectivity index (χ3v) is 5.27. The average Bonchev–Trinajstić information content (AvgIpc) is 3.54. The SMILES string of the molecule is CCn1cc(NC(=O)c2cc3nc(C(C)(C)C)cc(C(F)(F)F)n3n2)c(C(=O)NCc2ccco2)n1. The van der Waals surface area contributed by atoms with Crippen molar-refractivity contribution >= 4 is 23.1 Å². The van der Waals surface area contributed by atoms with Crippen molar-refractivity contribution in [3.8, 4) is 0 Å². The summed E-state index contributed by atoms with van der Waals surface area (Å²) in [6.45, 7) is 7.52. The zero-order valence-electron chi connectivity index (χ0n) is 20.0. The quantitative estimate of drug-likeness (QED) is 0.410. The molecule has 2 amide bonds. The average molecular weight is 503 g/mol. The van der Waals surface area contributed by atoms with Gasteiger partial charge in [0.2, 0.25) is 0 Å². The summed E-state index contributed by atoms with van der Waals surface area (Å²) in [6.07, 6.45) is -1.80. The van der Waals surface area contributed by atoms with Gasteiger partial charge in [-0.3, -0.25) is 14.3 Å². The zero-order valence-corrected chi connectivity index (χ0v) is 20.0. The van der Waals surface area contributed by atoms with E-state index in [4.69, 9.17) is 4.42 Å². The van der Waals surface area contributed by atoms with Crippen LogP contribution in [-0.2, 0) is 24.7 Å². The summed E-state index contributed by atoms with van der Waals surface area (Å²) in [5.41, 5.74) is -1.92. The van der Waals surface area contributed by atoms with E-state index in [1.807, 2.05) is 0 Å². The summed E-state index contributed by atoms with van der Waals surface area (Å²) in [7, 11) is 0. The van der Waals surface area contributed by atoms with Gasteiger partial charge in [0.25, 0.3) is 11.8 Å². The van der Waals surface area contributed by atoms with Crippen LogP contribution in [0.4, 0.5) is 18.9 Å². The minimum absolute atomic E-state index is 0.0651. The molecule has 0 bridgehead atoms. The van der Waals surface area contributed by atoms with E-state index in [0.29, 0.717) is 16.8 Å². The Morgan fingerprint density at radius 2 is 1.86 bits per heavy atom. The van der Waals surface area contributed by atoms with Gasteiger partial charge in [0.05, 0.1) is 24.2 Å². The number of carbonyl (C=O) groups excluding carboxylic acids is 2. The first-order valence-electron chi connectivity index (χ1n) is 11.0. The molecule has 4 aromatic heterocycles. The molecule has 36 heavy (non-hydrogen) atoms. The predicted octanol–water partition coefficient (Wildman–Crippen LogP) is 4.04. The van der Waals surface area contributed by atoms with Crippen LogP contribution in [0.15, 0.2) is 41.1 Å². The Hall–Kier alpha value is -4.16. The lowest BCUT2D eigenvalue weighted by atomic mass is 9.91. The second-order valence-electron chi connectivity index (χ2n) is 9.04. The van der Waals surface area contributed by atoms with Gasteiger partial charge in [-0.2, -0.15) is 23.4 Å². The number of halogens is 3. The molecule has 0 radical (unpaired) electrons. The first kappa shape index (κ1) is 24.9. The maximum atomic E-state index is 13.7. The van der Waals surface area contributed by atoms with Gasteiger partial charge in [-0.25, -0.2) is 9.50 Å². The summed E-state index contributed by atoms with van der Waals surface area (Å²) in [5.74, 6) is -0.863. The molecule has 0 aliphatic heterocycles. The molecule has 4 aromatic rings. The minimum Gasteiger partial charge on any atom is -0.467 e. The van der Waals surface area contributed by atoms with Gasteiger partial charge in [-0.15, -0.1) is 0 Å². The molecule has 190 valence electrons. The fourth-order valence-corrected chi connectivity index (χ4v) is 3.36. The normalized spacial score (nSPS) is 12.2.